The molecule has 5 heterocycles. The number of nitrogens with one attached hydrogen (secondary N) is 4. The van der Waals surface area contributed by atoms with E-state index in [1.165, 1.54) is 14.2 Å². The van der Waals surface area contributed by atoms with Crippen molar-refractivity contribution in [1.29, 1.82) is 0 Å². The van der Waals surface area contributed by atoms with E-state index >= 15 is 0 Å². The first kappa shape index (κ1) is 39.4. The van der Waals surface area contributed by atoms with Gasteiger partial charge in [0, 0.05) is 36.3 Å². The van der Waals surface area contributed by atoms with Gasteiger partial charge in [0.1, 0.15) is 23.7 Å². The van der Waals surface area contributed by atoms with Gasteiger partial charge < -0.3 is 44.6 Å². The van der Waals surface area contributed by atoms with Crippen LogP contribution in [-0.4, -0.2) is 94.8 Å². The molecule has 14 heteroatoms. The molecule has 0 bridgehead atoms. The fraction of sp³-hybridized carbons (Fsp3) is 0.465. The summed E-state index contributed by atoms with van der Waals surface area (Å²) in [6, 6.07) is 14.9. The molecule has 2 aromatic carbocycles. The Kier molecular flexibility index (Phi) is 11.6. The Hall–Kier alpha value is -5.79. The van der Waals surface area contributed by atoms with E-state index in [1.54, 1.807) is 6.20 Å². The van der Waals surface area contributed by atoms with Gasteiger partial charge in [-0.2, -0.15) is 0 Å². The van der Waals surface area contributed by atoms with Crippen molar-refractivity contribution in [3.8, 4) is 39.4 Å². The van der Waals surface area contributed by atoms with Crippen molar-refractivity contribution in [2.24, 2.45) is 11.8 Å². The van der Waals surface area contributed by atoms with Crippen LogP contribution in [0.4, 0.5) is 9.59 Å². The van der Waals surface area contributed by atoms with Crippen molar-refractivity contribution in [2.75, 3.05) is 33.9 Å². The van der Waals surface area contributed by atoms with Crippen LogP contribution in [0.3, 0.4) is 0 Å². The fourth-order valence-electron chi connectivity index (χ4n) is 8.42. The van der Waals surface area contributed by atoms with Crippen LogP contribution in [0.2, 0.25) is 0 Å². The largest absolute Gasteiger partial charge is 0.491 e. The Labute approximate surface area is 333 Å². The van der Waals surface area contributed by atoms with Crippen molar-refractivity contribution >= 4 is 24.0 Å². The summed E-state index contributed by atoms with van der Waals surface area (Å²) in [7, 11) is 2.59. The number of benzene rings is 2. The van der Waals surface area contributed by atoms with Crippen LogP contribution in [0, 0.1) is 11.8 Å². The molecular weight excluding hydrogens is 727 g/mol. The first-order chi connectivity index (χ1) is 27.5. The molecule has 4 amide bonds. The van der Waals surface area contributed by atoms with Crippen molar-refractivity contribution in [1.82, 2.24) is 35.4 Å². The monoisotopic (exact) mass is 779 g/mol. The number of methoxy groups -OCH3 is 2. The van der Waals surface area contributed by atoms with Crippen molar-refractivity contribution < 1.29 is 33.4 Å². The van der Waals surface area contributed by atoms with E-state index < -0.39 is 24.3 Å². The normalized spacial score (nSPS) is 18.7. The number of nitrogens with zero attached hydrogens (tertiary/aromatic N) is 3. The zero-order valence-corrected chi connectivity index (χ0v) is 33.5. The molecule has 0 radical (unpaired) electrons. The molecule has 57 heavy (non-hydrogen) atoms. The lowest BCUT2D eigenvalue weighted by Crippen LogP contribution is -2.51. The molecule has 0 unspecified atom stereocenters. The average molecular weight is 780 g/mol. The number of imidazole rings is 1. The van der Waals surface area contributed by atoms with Gasteiger partial charge in [-0.3, -0.25) is 9.59 Å². The molecule has 7 rings (SSSR count). The van der Waals surface area contributed by atoms with E-state index in [0.717, 1.165) is 88.6 Å². The summed E-state index contributed by atoms with van der Waals surface area (Å²) in [5, 5.41) is 5.44. The molecule has 14 nitrogen and oxygen atoms in total. The van der Waals surface area contributed by atoms with Crippen LogP contribution < -0.4 is 15.4 Å². The van der Waals surface area contributed by atoms with Gasteiger partial charge in [-0.15, -0.1) is 0 Å². The standard InChI is InChI=1S/C43H53N7O7/c1-24(2)34(47-42(53)55-5)40(51)49-20-7-9-32(49)37-30-19-22-57-38(30)36(46-37)29-17-13-27(14-18-29)26-11-15-28(16-12-26)31-23-44-39(45-31)33-10-8-21-50(33)41(52)35(25(3)4)48-43(54)56-6/h11-18,23-25,32-35,46H,7-10,19-22H2,1-6H3,(H,44,45)(H,47,53)(H,48,54)/t32-,33-,34-,35-/m0/s1. The number of ether oxygens (including phenoxy) is 3. The topological polar surface area (TPSA) is 171 Å². The number of aromatic nitrogens is 3. The van der Waals surface area contributed by atoms with Crippen molar-refractivity contribution in [3.63, 3.8) is 0 Å². The number of carbonyl (C=O) groups excluding carboxylic acids is 4. The van der Waals surface area contributed by atoms with Crippen molar-refractivity contribution in [2.45, 2.75) is 84.0 Å². The highest BCUT2D eigenvalue weighted by atomic mass is 16.5. The van der Waals surface area contributed by atoms with Crippen LogP contribution in [0.1, 0.15) is 82.5 Å². The SMILES string of the molecule is COC(=O)N[C@H](C(=O)N1CCC[C@H]1c1ncc(-c2ccc(-c3ccc(-c4[nH]c([C@@H]5CCCN5C(=O)[C@@H](NC(=O)OC)C(C)C)c5c4OCC5)cc3)cc2)[nH]1)C(C)C. The second-order valence-corrected chi connectivity index (χ2v) is 15.8. The van der Waals surface area contributed by atoms with Gasteiger partial charge in [0.25, 0.3) is 0 Å². The number of aromatic amines is 2. The summed E-state index contributed by atoms with van der Waals surface area (Å²) in [6.45, 7) is 9.44. The van der Waals surface area contributed by atoms with Gasteiger partial charge in [-0.25, -0.2) is 14.6 Å². The second-order valence-electron chi connectivity index (χ2n) is 15.8. The molecule has 4 N–H and O–H groups in total. The molecule has 2 fully saturated rings. The summed E-state index contributed by atoms with van der Waals surface area (Å²) in [6.07, 6.45) is 4.65. The van der Waals surface area contributed by atoms with Gasteiger partial charge in [0.2, 0.25) is 11.8 Å². The van der Waals surface area contributed by atoms with E-state index in [-0.39, 0.29) is 35.7 Å². The van der Waals surface area contributed by atoms with E-state index in [9.17, 15) is 19.2 Å². The molecule has 4 aromatic rings. The minimum atomic E-state index is -0.689. The fourth-order valence-corrected chi connectivity index (χ4v) is 8.42. The number of hydrogen-bond acceptors (Lipinski definition) is 8. The lowest BCUT2D eigenvalue weighted by molar-refractivity contribution is -0.136. The van der Waals surface area contributed by atoms with Crippen LogP contribution in [-0.2, 0) is 25.5 Å². The Bertz CT molecular complexity index is 2090. The number of rotatable bonds is 11. The van der Waals surface area contributed by atoms with Crippen LogP contribution in [0.15, 0.2) is 54.7 Å². The summed E-state index contributed by atoms with van der Waals surface area (Å²) >= 11 is 0. The molecular formula is C43H53N7O7. The molecule has 3 aliphatic rings. The summed E-state index contributed by atoms with van der Waals surface area (Å²) < 4.78 is 15.7. The Morgan fingerprint density at radius 2 is 1.25 bits per heavy atom. The third kappa shape index (κ3) is 7.94. The average Bonchev–Trinajstić information content (AvgIpc) is 4.07. The Balaban J connectivity index is 1.05. The maximum absolute atomic E-state index is 13.8. The number of fused-ring (bicyclic) bond motifs is 1. The molecule has 302 valence electrons. The van der Waals surface area contributed by atoms with Gasteiger partial charge in [0.05, 0.1) is 50.5 Å². The van der Waals surface area contributed by atoms with E-state index in [1.807, 2.05) is 37.5 Å². The highest BCUT2D eigenvalue weighted by molar-refractivity contribution is 5.87. The first-order valence-corrected chi connectivity index (χ1v) is 19.9. The summed E-state index contributed by atoms with van der Waals surface area (Å²) in [5.74, 6) is 1.11. The van der Waals surface area contributed by atoms with Crippen LogP contribution in [0.5, 0.6) is 5.75 Å². The molecule has 4 atom stereocenters. The maximum Gasteiger partial charge on any atom is 0.407 e. The highest BCUT2D eigenvalue weighted by Crippen LogP contribution is 2.45. The first-order valence-electron chi connectivity index (χ1n) is 19.9. The number of hydrogen-bond donors (Lipinski definition) is 4. The highest BCUT2D eigenvalue weighted by Gasteiger charge is 2.40. The predicted molar refractivity (Wildman–Crippen MR) is 214 cm³/mol. The molecule has 0 aliphatic carbocycles. The quantitative estimate of drug-likeness (QED) is 0.129. The van der Waals surface area contributed by atoms with E-state index in [0.29, 0.717) is 19.7 Å². The number of carbonyl (C=O) groups is 4. The minimum absolute atomic E-state index is 0.103. The van der Waals surface area contributed by atoms with Gasteiger partial charge >= 0.3 is 12.2 Å². The molecule has 0 saturated carbocycles. The van der Waals surface area contributed by atoms with Gasteiger partial charge in [-0.1, -0.05) is 76.2 Å². The number of amides is 4. The van der Waals surface area contributed by atoms with Gasteiger partial charge in [0.15, 0.2) is 0 Å². The van der Waals surface area contributed by atoms with Crippen molar-refractivity contribution in [3.05, 3.63) is 71.8 Å². The number of alkyl carbamates (subject to hydrolysis) is 2. The third-order valence-electron chi connectivity index (χ3n) is 11.5. The Morgan fingerprint density at radius 3 is 1.79 bits per heavy atom. The lowest BCUT2D eigenvalue weighted by Gasteiger charge is -2.30. The number of likely N-dealkylation sites (tertiary alicyclic amines) is 2. The van der Waals surface area contributed by atoms with Crippen LogP contribution in [0.25, 0.3) is 33.6 Å². The maximum atomic E-state index is 13.8. The van der Waals surface area contributed by atoms with E-state index in [4.69, 9.17) is 14.2 Å². The molecule has 0 spiro atoms. The van der Waals surface area contributed by atoms with Crippen LogP contribution >= 0.6 is 0 Å². The minimum Gasteiger partial charge on any atom is -0.491 e. The summed E-state index contributed by atoms with van der Waals surface area (Å²) in [5.41, 5.74) is 7.98. The molecule has 3 aliphatic heterocycles. The summed E-state index contributed by atoms with van der Waals surface area (Å²) in [4.78, 5) is 66.9. The zero-order chi connectivity index (χ0) is 40.4. The molecule has 2 aromatic heterocycles. The zero-order valence-electron chi connectivity index (χ0n) is 33.5. The third-order valence-corrected chi connectivity index (χ3v) is 11.5. The van der Waals surface area contributed by atoms with Gasteiger partial charge in [-0.05, 0) is 54.2 Å². The van der Waals surface area contributed by atoms with E-state index in [2.05, 4.69) is 74.1 Å². The smallest absolute Gasteiger partial charge is 0.407 e. The lowest BCUT2D eigenvalue weighted by atomic mass is 10.00. The second kappa shape index (κ2) is 16.7. The number of H-pyrrole nitrogens is 2. The molecule has 2 saturated heterocycles. The Morgan fingerprint density at radius 1 is 0.737 bits per heavy atom. The predicted octanol–water partition coefficient (Wildman–Crippen LogP) is 6.76.